The van der Waals surface area contributed by atoms with Crippen molar-refractivity contribution < 1.29 is 14.1 Å². The van der Waals surface area contributed by atoms with Crippen molar-refractivity contribution in [3.63, 3.8) is 0 Å². The number of benzene rings is 1. The molecule has 0 spiro atoms. The van der Waals surface area contributed by atoms with Gasteiger partial charge in [-0.3, -0.25) is 9.00 Å². The van der Waals surface area contributed by atoms with Crippen LogP contribution in [0, 0.1) is 0 Å². The van der Waals surface area contributed by atoms with E-state index in [4.69, 9.17) is 0 Å². The van der Waals surface area contributed by atoms with Gasteiger partial charge in [0.05, 0.1) is 0 Å². The summed E-state index contributed by atoms with van der Waals surface area (Å²) in [6, 6.07) is 5.55. The molecule has 1 saturated heterocycles. The van der Waals surface area contributed by atoms with Gasteiger partial charge in [-0.1, -0.05) is 6.07 Å². The Kier molecular flexibility index (Phi) is 2.83. The van der Waals surface area contributed by atoms with Crippen molar-refractivity contribution >= 4 is 28.1 Å². The number of fused-ring (bicyclic) bond motifs is 1. The van der Waals surface area contributed by atoms with E-state index in [2.05, 4.69) is 10.2 Å². The van der Waals surface area contributed by atoms with Gasteiger partial charge in [0.2, 0.25) is 0 Å². The summed E-state index contributed by atoms with van der Waals surface area (Å²) in [7, 11) is -0.697. The number of hydrogen-bond acceptors (Lipinski definition) is 4. The van der Waals surface area contributed by atoms with E-state index in [-0.39, 0.29) is 5.91 Å². The fraction of sp³-hybridized carbons (Fsp3) is 0.417. The van der Waals surface area contributed by atoms with E-state index in [0.29, 0.717) is 22.8 Å². The van der Waals surface area contributed by atoms with Crippen LogP contribution in [0.5, 0.6) is 0 Å². The monoisotopic (exact) mass is 266 g/mol. The van der Waals surface area contributed by atoms with Gasteiger partial charge in [0.1, 0.15) is 0 Å². The van der Waals surface area contributed by atoms with Crippen molar-refractivity contribution in [1.82, 2.24) is 0 Å². The molecule has 0 bridgehead atoms. The number of aliphatic hydroxyl groups is 1. The zero-order valence-corrected chi connectivity index (χ0v) is 10.6. The molecule has 0 aliphatic carbocycles. The average Bonchev–Trinajstić information content (AvgIpc) is 2.65. The lowest BCUT2D eigenvalue weighted by Gasteiger charge is -2.28. The van der Waals surface area contributed by atoms with Crippen LogP contribution in [0.15, 0.2) is 18.2 Å². The normalized spacial score (nSPS) is 23.9. The summed E-state index contributed by atoms with van der Waals surface area (Å²) in [4.78, 5) is 13.5. The molecule has 1 aromatic carbocycles. The highest BCUT2D eigenvalue weighted by Gasteiger charge is 2.29. The summed E-state index contributed by atoms with van der Waals surface area (Å²) in [5.74, 6) is 1.000. The van der Waals surface area contributed by atoms with Crippen LogP contribution >= 0.6 is 0 Å². The third-order valence-electron chi connectivity index (χ3n) is 3.38. The number of carbonyl (C=O) groups is 1. The van der Waals surface area contributed by atoms with Crippen LogP contribution in [0.3, 0.4) is 0 Å². The molecule has 1 aromatic rings. The molecule has 18 heavy (non-hydrogen) atoms. The number of rotatable bonds is 1. The number of hydrogen-bond donors (Lipinski definition) is 2. The molecule has 1 fully saturated rings. The molecule has 6 heteroatoms. The van der Waals surface area contributed by atoms with Gasteiger partial charge in [-0.05, 0) is 12.1 Å². The van der Waals surface area contributed by atoms with Gasteiger partial charge in [-0.2, -0.15) is 0 Å². The van der Waals surface area contributed by atoms with Crippen LogP contribution in [0.1, 0.15) is 11.7 Å². The SMILES string of the molecule is O=C1Nc2cc(N3CCS(=O)CC3)ccc2C1O. The summed E-state index contributed by atoms with van der Waals surface area (Å²) < 4.78 is 11.3. The summed E-state index contributed by atoms with van der Waals surface area (Å²) >= 11 is 0. The van der Waals surface area contributed by atoms with E-state index in [1.54, 1.807) is 6.07 Å². The number of carbonyl (C=O) groups excluding carboxylic acids is 1. The van der Waals surface area contributed by atoms with Crippen molar-refractivity contribution in [2.45, 2.75) is 6.10 Å². The summed E-state index contributed by atoms with van der Waals surface area (Å²) in [5, 5.41) is 12.3. The molecular weight excluding hydrogens is 252 g/mol. The van der Waals surface area contributed by atoms with Crippen LogP contribution in [0.4, 0.5) is 11.4 Å². The van der Waals surface area contributed by atoms with Gasteiger partial charge in [-0.15, -0.1) is 0 Å². The first-order chi connectivity index (χ1) is 8.65. The van der Waals surface area contributed by atoms with Gasteiger partial charge < -0.3 is 15.3 Å². The maximum atomic E-state index is 11.3. The maximum Gasteiger partial charge on any atom is 0.257 e. The van der Waals surface area contributed by atoms with Crippen LogP contribution < -0.4 is 10.2 Å². The minimum absolute atomic E-state index is 0.373. The van der Waals surface area contributed by atoms with Crippen molar-refractivity contribution in [3.8, 4) is 0 Å². The van der Waals surface area contributed by atoms with Crippen molar-refractivity contribution in [2.24, 2.45) is 0 Å². The standard InChI is InChI=1S/C12H14N2O3S/c15-11-9-2-1-8(7-10(9)13-12(11)16)14-3-5-18(17)6-4-14/h1-2,7,11,15H,3-6H2,(H,13,16). The smallest absolute Gasteiger partial charge is 0.257 e. The Hall–Kier alpha value is -1.40. The number of nitrogens with one attached hydrogen (secondary N) is 1. The minimum Gasteiger partial charge on any atom is -0.378 e. The molecule has 96 valence electrons. The van der Waals surface area contributed by atoms with Gasteiger partial charge in [0, 0.05) is 52.3 Å². The predicted molar refractivity (Wildman–Crippen MR) is 70.1 cm³/mol. The predicted octanol–water partition coefficient (Wildman–Crippen LogP) is 0.241. The van der Waals surface area contributed by atoms with Crippen LogP contribution in [-0.2, 0) is 15.6 Å². The number of amides is 1. The Balaban J connectivity index is 1.85. The molecule has 1 amide bonds. The second-order valence-corrected chi connectivity index (χ2v) is 6.19. The number of nitrogens with zero attached hydrogens (tertiary/aromatic N) is 1. The van der Waals surface area contributed by atoms with E-state index < -0.39 is 16.9 Å². The zero-order valence-electron chi connectivity index (χ0n) is 9.76. The summed E-state index contributed by atoms with van der Waals surface area (Å²) in [6.07, 6.45) is -1.05. The first-order valence-electron chi connectivity index (χ1n) is 5.88. The van der Waals surface area contributed by atoms with Gasteiger partial charge >= 0.3 is 0 Å². The van der Waals surface area contributed by atoms with Crippen molar-refractivity contribution in [1.29, 1.82) is 0 Å². The zero-order chi connectivity index (χ0) is 12.7. The van der Waals surface area contributed by atoms with Gasteiger partial charge in [-0.25, -0.2) is 0 Å². The summed E-state index contributed by atoms with van der Waals surface area (Å²) in [6.45, 7) is 1.53. The second-order valence-electron chi connectivity index (χ2n) is 4.50. The average molecular weight is 266 g/mol. The Morgan fingerprint density at radius 1 is 1.33 bits per heavy atom. The minimum atomic E-state index is -1.05. The van der Waals surface area contributed by atoms with Crippen LogP contribution in [-0.4, -0.2) is 39.8 Å². The van der Waals surface area contributed by atoms with E-state index in [0.717, 1.165) is 18.8 Å². The van der Waals surface area contributed by atoms with Crippen molar-refractivity contribution in [2.75, 3.05) is 34.8 Å². The third kappa shape index (κ3) is 1.91. The molecule has 2 N–H and O–H groups in total. The Morgan fingerprint density at radius 2 is 2.06 bits per heavy atom. The highest BCUT2D eigenvalue weighted by Crippen LogP contribution is 2.34. The molecule has 2 aliphatic rings. The third-order valence-corrected chi connectivity index (χ3v) is 4.66. The molecule has 2 heterocycles. The van der Waals surface area contributed by atoms with Crippen LogP contribution in [0.25, 0.3) is 0 Å². The number of anilines is 2. The fourth-order valence-corrected chi connectivity index (χ4v) is 3.38. The second kappa shape index (κ2) is 4.37. The Labute approximate surface area is 107 Å². The lowest BCUT2D eigenvalue weighted by molar-refractivity contribution is -0.123. The highest BCUT2D eigenvalue weighted by atomic mass is 32.2. The molecule has 5 nitrogen and oxygen atoms in total. The summed E-state index contributed by atoms with van der Waals surface area (Å²) in [5.41, 5.74) is 2.31. The van der Waals surface area contributed by atoms with E-state index in [1.807, 2.05) is 12.1 Å². The fourth-order valence-electron chi connectivity index (χ4n) is 2.33. The highest BCUT2D eigenvalue weighted by molar-refractivity contribution is 7.85. The number of aliphatic hydroxyl groups excluding tert-OH is 1. The molecule has 0 saturated carbocycles. The van der Waals surface area contributed by atoms with E-state index in [9.17, 15) is 14.1 Å². The van der Waals surface area contributed by atoms with E-state index >= 15 is 0 Å². The molecule has 1 unspecified atom stereocenters. The lowest BCUT2D eigenvalue weighted by atomic mass is 10.1. The maximum absolute atomic E-state index is 11.3. The van der Waals surface area contributed by atoms with Gasteiger partial charge in [0.15, 0.2) is 6.10 Å². The molecule has 0 radical (unpaired) electrons. The lowest BCUT2D eigenvalue weighted by Crippen LogP contribution is -2.37. The Bertz CT molecular complexity index is 522. The van der Waals surface area contributed by atoms with E-state index in [1.165, 1.54) is 0 Å². The Morgan fingerprint density at radius 3 is 2.78 bits per heavy atom. The van der Waals surface area contributed by atoms with Crippen molar-refractivity contribution in [3.05, 3.63) is 23.8 Å². The molecule has 2 aliphatic heterocycles. The van der Waals surface area contributed by atoms with Gasteiger partial charge in [0.25, 0.3) is 5.91 Å². The molecule has 0 aromatic heterocycles. The first kappa shape index (κ1) is 11.7. The largest absolute Gasteiger partial charge is 0.378 e. The van der Waals surface area contributed by atoms with Crippen LogP contribution in [0.2, 0.25) is 0 Å². The topological polar surface area (TPSA) is 69.6 Å². The molecular formula is C12H14N2O3S. The first-order valence-corrected chi connectivity index (χ1v) is 7.37. The quantitative estimate of drug-likeness (QED) is 0.764. The molecule has 3 rings (SSSR count). The molecule has 1 atom stereocenters.